The first kappa shape index (κ1) is 14.9. The van der Waals surface area contributed by atoms with Gasteiger partial charge in [-0.2, -0.15) is 0 Å². The topological polar surface area (TPSA) is 49.6 Å². The fraction of sp³-hybridized carbons (Fsp3) is 0.562. The lowest BCUT2D eigenvalue weighted by molar-refractivity contribution is 0.0151. The molecular weight excluding hydrogens is 330 g/mol. The monoisotopic (exact) mass is 351 g/mol. The summed E-state index contributed by atoms with van der Waals surface area (Å²) in [6.07, 6.45) is 3.77. The fourth-order valence-electron chi connectivity index (χ4n) is 3.50. The standard InChI is InChI=1S/C16H22BrN3O/c1-11-9-19-8-3-2-5-12(19)10-20(11)16(21)13-6-4-7-14(18)15(13)17/h4,6-7,11-12H,2-3,5,8-10,18H2,1H3. The zero-order valence-electron chi connectivity index (χ0n) is 12.4. The zero-order valence-corrected chi connectivity index (χ0v) is 14.0. The summed E-state index contributed by atoms with van der Waals surface area (Å²) < 4.78 is 0.716. The van der Waals surface area contributed by atoms with E-state index < -0.39 is 0 Å². The normalized spacial score (nSPS) is 26.5. The number of nitrogens with two attached hydrogens (primary N) is 1. The molecule has 2 fully saturated rings. The van der Waals surface area contributed by atoms with Crippen molar-refractivity contribution in [3.05, 3.63) is 28.2 Å². The molecule has 5 heteroatoms. The fourth-order valence-corrected chi connectivity index (χ4v) is 3.94. The van der Waals surface area contributed by atoms with E-state index in [9.17, 15) is 4.79 Å². The number of nitrogen functional groups attached to an aromatic ring is 1. The van der Waals surface area contributed by atoms with Crippen LogP contribution in [0.4, 0.5) is 5.69 Å². The second-order valence-electron chi connectivity index (χ2n) is 6.16. The Kier molecular flexibility index (Phi) is 4.22. The third kappa shape index (κ3) is 2.81. The van der Waals surface area contributed by atoms with Gasteiger partial charge < -0.3 is 10.6 Å². The van der Waals surface area contributed by atoms with Gasteiger partial charge in [0.2, 0.25) is 0 Å². The van der Waals surface area contributed by atoms with Crippen LogP contribution in [0.2, 0.25) is 0 Å². The van der Waals surface area contributed by atoms with Gasteiger partial charge in [-0.05, 0) is 54.4 Å². The molecule has 21 heavy (non-hydrogen) atoms. The van der Waals surface area contributed by atoms with E-state index in [0.29, 0.717) is 21.8 Å². The first-order valence-corrected chi connectivity index (χ1v) is 8.46. The van der Waals surface area contributed by atoms with Gasteiger partial charge in [-0.3, -0.25) is 9.69 Å². The Morgan fingerprint density at radius 2 is 2.14 bits per heavy atom. The Balaban J connectivity index is 1.82. The number of amides is 1. The van der Waals surface area contributed by atoms with E-state index in [0.717, 1.165) is 13.1 Å². The molecule has 1 amide bonds. The third-order valence-electron chi connectivity index (χ3n) is 4.71. The van der Waals surface area contributed by atoms with Crippen LogP contribution in [0, 0.1) is 0 Å². The number of hydrogen-bond donors (Lipinski definition) is 1. The maximum absolute atomic E-state index is 12.9. The molecule has 2 heterocycles. The Labute approximate surface area is 134 Å². The first-order valence-electron chi connectivity index (χ1n) is 7.67. The molecule has 4 nitrogen and oxygen atoms in total. The van der Waals surface area contributed by atoms with E-state index in [1.807, 2.05) is 23.1 Å². The van der Waals surface area contributed by atoms with E-state index in [1.54, 1.807) is 0 Å². The Morgan fingerprint density at radius 1 is 1.33 bits per heavy atom. The Morgan fingerprint density at radius 3 is 2.95 bits per heavy atom. The molecule has 0 aromatic heterocycles. The zero-order chi connectivity index (χ0) is 15.0. The van der Waals surface area contributed by atoms with Crippen molar-refractivity contribution in [2.24, 2.45) is 0 Å². The van der Waals surface area contributed by atoms with E-state index >= 15 is 0 Å². The summed E-state index contributed by atoms with van der Waals surface area (Å²) in [4.78, 5) is 17.4. The van der Waals surface area contributed by atoms with Crippen molar-refractivity contribution >= 4 is 27.5 Å². The van der Waals surface area contributed by atoms with Gasteiger partial charge in [-0.1, -0.05) is 12.5 Å². The second-order valence-corrected chi connectivity index (χ2v) is 6.95. The minimum Gasteiger partial charge on any atom is -0.398 e. The van der Waals surface area contributed by atoms with E-state index in [2.05, 4.69) is 27.8 Å². The van der Waals surface area contributed by atoms with Crippen molar-refractivity contribution in [1.82, 2.24) is 9.80 Å². The minimum absolute atomic E-state index is 0.0897. The Hall–Kier alpha value is -1.07. The molecule has 2 saturated heterocycles. The maximum atomic E-state index is 12.9. The molecule has 0 radical (unpaired) electrons. The van der Waals surface area contributed by atoms with Gasteiger partial charge in [0.1, 0.15) is 0 Å². The largest absolute Gasteiger partial charge is 0.398 e. The van der Waals surface area contributed by atoms with E-state index in [-0.39, 0.29) is 11.9 Å². The number of nitrogens with zero attached hydrogens (tertiary/aromatic N) is 2. The van der Waals surface area contributed by atoms with Crippen molar-refractivity contribution in [3.8, 4) is 0 Å². The van der Waals surface area contributed by atoms with Crippen molar-refractivity contribution < 1.29 is 4.79 Å². The molecular formula is C16H22BrN3O. The molecule has 2 aliphatic heterocycles. The summed E-state index contributed by atoms with van der Waals surface area (Å²) in [7, 11) is 0. The lowest BCUT2D eigenvalue weighted by Crippen LogP contribution is -2.60. The summed E-state index contributed by atoms with van der Waals surface area (Å²) >= 11 is 3.45. The van der Waals surface area contributed by atoms with Crippen molar-refractivity contribution in [3.63, 3.8) is 0 Å². The van der Waals surface area contributed by atoms with Gasteiger partial charge in [0.25, 0.3) is 5.91 Å². The van der Waals surface area contributed by atoms with Crippen LogP contribution in [-0.4, -0.2) is 47.4 Å². The minimum atomic E-state index is 0.0897. The molecule has 2 atom stereocenters. The highest BCUT2D eigenvalue weighted by Gasteiger charge is 2.35. The number of rotatable bonds is 1. The molecule has 0 spiro atoms. The third-order valence-corrected chi connectivity index (χ3v) is 5.59. The average Bonchev–Trinajstić information content (AvgIpc) is 2.48. The smallest absolute Gasteiger partial charge is 0.255 e. The van der Waals surface area contributed by atoms with Crippen LogP contribution in [0.25, 0.3) is 0 Å². The van der Waals surface area contributed by atoms with E-state index in [1.165, 1.54) is 25.8 Å². The van der Waals surface area contributed by atoms with Crippen LogP contribution >= 0.6 is 15.9 Å². The molecule has 1 aromatic carbocycles. The predicted octanol–water partition coefficient (Wildman–Crippen LogP) is 2.73. The summed E-state index contributed by atoms with van der Waals surface area (Å²) in [6.45, 7) is 5.14. The molecule has 0 bridgehead atoms. The number of halogens is 1. The average molecular weight is 352 g/mol. The number of hydrogen-bond acceptors (Lipinski definition) is 3. The number of carbonyl (C=O) groups excluding carboxylic acids is 1. The van der Waals surface area contributed by atoms with Gasteiger partial charge in [-0.15, -0.1) is 0 Å². The summed E-state index contributed by atoms with van der Waals surface area (Å²) in [5.41, 5.74) is 7.19. The molecule has 114 valence electrons. The van der Waals surface area contributed by atoms with Crippen molar-refractivity contribution in [2.45, 2.75) is 38.3 Å². The van der Waals surface area contributed by atoms with Crippen molar-refractivity contribution in [2.75, 3.05) is 25.4 Å². The molecule has 1 aromatic rings. The molecule has 0 aliphatic carbocycles. The second kappa shape index (κ2) is 5.97. The van der Waals surface area contributed by atoms with Crippen LogP contribution in [0.1, 0.15) is 36.5 Å². The highest BCUT2D eigenvalue weighted by Crippen LogP contribution is 2.29. The van der Waals surface area contributed by atoms with Gasteiger partial charge in [0.15, 0.2) is 0 Å². The van der Waals surface area contributed by atoms with Gasteiger partial charge in [0, 0.05) is 30.9 Å². The number of anilines is 1. The summed E-state index contributed by atoms with van der Waals surface area (Å²) in [6, 6.07) is 6.28. The lowest BCUT2D eigenvalue weighted by Gasteiger charge is -2.47. The van der Waals surface area contributed by atoms with Crippen molar-refractivity contribution in [1.29, 1.82) is 0 Å². The highest BCUT2D eigenvalue weighted by molar-refractivity contribution is 9.10. The summed E-state index contributed by atoms with van der Waals surface area (Å²) in [5.74, 6) is 0.0897. The quantitative estimate of drug-likeness (QED) is 0.791. The van der Waals surface area contributed by atoms with Gasteiger partial charge in [-0.25, -0.2) is 0 Å². The lowest BCUT2D eigenvalue weighted by atomic mass is 9.96. The maximum Gasteiger partial charge on any atom is 0.255 e. The molecule has 2 aliphatic rings. The highest BCUT2D eigenvalue weighted by atomic mass is 79.9. The molecule has 3 rings (SSSR count). The van der Waals surface area contributed by atoms with E-state index in [4.69, 9.17) is 5.73 Å². The molecule has 2 unspecified atom stereocenters. The number of piperidine rings is 1. The molecule has 0 saturated carbocycles. The van der Waals surface area contributed by atoms with Crippen LogP contribution in [0.15, 0.2) is 22.7 Å². The first-order chi connectivity index (χ1) is 10.1. The van der Waals surface area contributed by atoms with Crippen LogP contribution in [0.3, 0.4) is 0 Å². The van der Waals surface area contributed by atoms with Crippen LogP contribution < -0.4 is 5.73 Å². The number of benzene rings is 1. The van der Waals surface area contributed by atoms with Gasteiger partial charge in [0.05, 0.1) is 10.0 Å². The van der Waals surface area contributed by atoms with Crippen LogP contribution in [-0.2, 0) is 0 Å². The predicted molar refractivity (Wildman–Crippen MR) is 88.3 cm³/mol. The number of fused-ring (bicyclic) bond motifs is 1. The number of piperazine rings is 1. The van der Waals surface area contributed by atoms with Gasteiger partial charge >= 0.3 is 0 Å². The SMILES string of the molecule is CC1CN2CCCCC2CN1C(=O)c1cccc(N)c1Br. The summed E-state index contributed by atoms with van der Waals surface area (Å²) in [5, 5.41) is 0. The van der Waals surface area contributed by atoms with Crippen LogP contribution in [0.5, 0.6) is 0 Å². The molecule has 2 N–H and O–H groups in total. The number of carbonyl (C=O) groups is 1. The Bertz CT molecular complexity index is 548.